The van der Waals surface area contributed by atoms with Gasteiger partial charge in [0.25, 0.3) is 0 Å². The first-order valence-corrected chi connectivity index (χ1v) is 6.87. The van der Waals surface area contributed by atoms with Crippen molar-refractivity contribution < 1.29 is 0 Å². The molecule has 2 heterocycles. The monoisotopic (exact) mass is 214 g/mol. The number of likely N-dealkylation sites (N-methyl/N-ethyl adjacent to an activating group) is 1. The van der Waals surface area contributed by atoms with Crippen LogP contribution in [0.15, 0.2) is 0 Å². The lowest BCUT2D eigenvalue weighted by molar-refractivity contribution is 0.216. The van der Waals surface area contributed by atoms with E-state index in [9.17, 15) is 0 Å². The van der Waals surface area contributed by atoms with E-state index in [4.69, 9.17) is 0 Å². The van der Waals surface area contributed by atoms with E-state index in [-0.39, 0.29) is 0 Å². The van der Waals surface area contributed by atoms with Crippen LogP contribution in [0.25, 0.3) is 0 Å². The molecule has 2 saturated heterocycles. The van der Waals surface area contributed by atoms with Gasteiger partial charge in [-0.15, -0.1) is 0 Å². The zero-order valence-corrected chi connectivity index (χ0v) is 10.1. The first kappa shape index (κ1) is 10.8. The molecule has 0 saturated carbocycles. The average molecular weight is 214 g/mol. The molecule has 14 heavy (non-hydrogen) atoms. The average Bonchev–Trinajstić information content (AvgIpc) is 2.52. The minimum atomic E-state index is 0.750. The molecular weight excluding hydrogens is 192 g/mol. The Morgan fingerprint density at radius 1 is 1.36 bits per heavy atom. The third kappa shape index (κ3) is 2.65. The molecule has 0 amide bonds. The van der Waals surface area contributed by atoms with Crippen molar-refractivity contribution in [3.05, 3.63) is 0 Å². The molecule has 3 heteroatoms. The van der Waals surface area contributed by atoms with E-state index in [1.165, 1.54) is 38.1 Å². The van der Waals surface area contributed by atoms with Gasteiger partial charge in [-0.25, -0.2) is 0 Å². The van der Waals surface area contributed by atoms with E-state index in [1.807, 2.05) is 0 Å². The van der Waals surface area contributed by atoms with Crippen LogP contribution in [0.4, 0.5) is 0 Å². The molecule has 0 spiro atoms. The Bertz CT molecular complexity index is 186. The molecule has 0 radical (unpaired) electrons. The van der Waals surface area contributed by atoms with Gasteiger partial charge in [0.15, 0.2) is 0 Å². The lowest BCUT2D eigenvalue weighted by Gasteiger charge is -2.33. The second-order valence-corrected chi connectivity index (χ2v) is 6.22. The van der Waals surface area contributed by atoms with Crippen LogP contribution in [-0.2, 0) is 0 Å². The maximum atomic E-state index is 3.84. The topological polar surface area (TPSA) is 15.3 Å². The van der Waals surface area contributed by atoms with Crippen LogP contribution in [0.3, 0.4) is 0 Å². The minimum absolute atomic E-state index is 0.750. The molecule has 3 unspecified atom stereocenters. The summed E-state index contributed by atoms with van der Waals surface area (Å²) in [6.07, 6.45) is 4.10. The van der Waals surface area contributed by atoms with Crippen LogP contribution in [0.2, 0.25) is 0 Å². The van der Waals surface area contributed by atoms with Gasteiger partial charge >= 0.3 is 0 Å². The molecule has 0 bridgehead atoms. The van der Waals surface area contributed by atoms with Crippen molar-refractivity contribution in [2.24, 2.45) is 0 Å². The Hall–Kier alpha value is 0.270. The van der Waals surface area contributed by atoms with Gasteiger partial charge in [0, 0.05) is 23.9 Å². The highest BCUT2D eigenvalue weighted by atomic mass is 32.2. The first-order valence-electron chi connectivity index (χ1n) is 5.82. The van der Waals surface area contributed by atoms with Crippen LogP contribution < -0.4 is 5.32 Å². The molecule has 0 aromatic heterocycles. The number of hydrogen-bond acceptors (Lipinski definition) is 3. The largest absolute Gasteiger partial charge is 0.309 e. The van der Waals surface area contributed by atoms with Gasteiger partial charge in [0.05, 0.1) is 0 Å². The lowest BCUT2D eigenvalue weighted by atomic mass is 10.0. The fourth-order valence-electron chi connectivity index (χ4n) is 2.56. The van der Waals surface area contributed by atoms with E-state index in [1.54, 1.807) is 0 Å². The number of piperidine rings is 1. The predicted octanol–water partition coefficient (Wildman–Crippen LogP) is 1.56. The van der Waals surface area contributed by atoms with Crippen LogP contribution in [0.1, 0.15) is 26.2 Å². The number of nitrogens with one attached hydrogen (secondary N) is 1. The maximum Gasteiger partial charge on any atom is 0.0198 e. The summed E-state index contributed by atoms with van der Waals surface area (Å²) in [5.41, 5.74) is 0. The number of nitrogens with zero attached hydrogens (tertiary/aromatic N) is 1. The summed E-state index contributed by atoms with van der Waals surface area (Å²) in [5.74, 6) is 1.35. The van der Waals surface area contributed by atoms with Crippen molar-refractivity contribution in [2.75, 3.05) is 25.9 Å². The van der Waals surface area contributed by atoms with Crippen molar-refractivity contribution in [1.82, 2.24) is 10.2 Å². The fourth-order valence-corrected chi connectivity index (χ4v) is 3.76. The van der Waals surface area contributed by atoms with Crippen molar-refractivity contribution in [2.45, 2.75) is 43.5 Å². The summed E-state index contributed by atoms with van der Waals surface area (Å²) in [4.78, 5) is 2.45. The van der Waals surface area contributed by atoms with Crippen LogP contribution in [-0.4, -0.2) is 48.1 Å². The Kier molecular flexibility index (Phi) is 3.74. The Labute approximate surface area is 91.8 Å². The Balaban J connectivity index is 1.78. The molecular formula is C11H22N2S. The number of hydrogen-bond donors (Lipinski definition) is 1. The third-order valence-electron chi connectivity index (χ3n) is 3.45. The molecule has 1 N–H and O–H groups in total. The molecule has 3 atom stereocenters. The summed E-state index contributed by atoms with van der Waals surface area (Å²) < 4.78 is 0. The smallest absolute Gasteiger partial charge is 0.0198 e. The lowest BCUT2D eigenvalue weighted by Crippen LogP contribution is -2.49. The second-order valence-electron chi connectivity index (χ2n) is 4.74. The van der Waals surface area contributed by atoms with E-state index in [0.717, 1.165) is 17.3 Å². The van der Waals surface area contributed by atoms with Gasteiger partial charge in [0.2, 0.25) is 0 Å². The zero-order chi connectivity index (χ0) is 9.97. The Morgan fingerprint density at radius 2 is 2.21 bits per heavy atom. The second kappa shape index (κ2) is 4.86. The summed E-state index contributed by atoms with van der Waals surface area (Å²) >= 11 is 2.12. The summed E-state index contributed by atoms with van der Waals surface area (Å²) in [7, 11) is 2.24. The fraction of sp³-hybridized carbons (Fsp3) is 1.00. The molecule has 0 aromatic rings. The third-order valence-corrected chi connectivity index (χ3v) is 4.78. The van der Waals surface area contributed by atoms with Crippen molar-refractivity contribution in [3.8, 4) is 0 Å². The van der Waals surface area contributed by atoms with E-state index in [2.05, 4.69) is 35.9 Å². The molecule has 82 valence electrons. The summed E-state index contributed by atoms with van der Waals surface area (Å²) in [6.45, 7) is 4.89. The predicted molar refractivity (Wildman–Crippen MR) is 64.0 cm³/mol. The summed E-state index contributed by atoms with van der Waals surface area (Å²) in [5, 5.41) is 4.66. The van der Waals surface area contributed by atoms with E-state index in [0.29, 0.717) is 0 Å². The van der Waals surface area contributed by atoms with Crippen molar-refractivity contribution >= 4 is 11.8 Å². The number of likely N-dealkylation sites (tertiary alicyclic amines) is 1. The minimum Gasteiger partial charge on any atom is -0.309 e. The van der Waals surface area contributed by atoms with Crippen LogP contribution in [0.5, 0.6) is 0 Å². The molecule has 2 aliphatic rings. The first-order chi connectivity index (χ1) is 6.75. The zero-order valence-electron chi connectivity index (χ0n) is 9.33. The van der Waals surface area contributed by atoms with E-state index < -0.39 is 0 Å². The molecule has 2 rings (SSSR count). The summed E-state index contributed by atoms with van der Waals surface area (Å²) in [6, 6.07) is 1.52. The standard InChI is InChI=1S/C11H22N2S/c1-9-11(5-7-14-9)12-10-4-3-6-13(2)8-10/h9-12H,3-8H2,1-2H3. The van der Waals surface area contributed by atoms with Crippen molar-refractivity contribution in [1.29, 1.82) is 0 Å². The van der Waals surface area contributed by atoms with Crippen molar-refractivity contribution in [3.63, 3.8) is 0 Å². The molecule has 2 fully saturated rings. The van der Waals surface area contributed by atoms with Gasteiger partial charge in [-0.2, -0.15) is 11.8 Å². The van der Waals surface area contributed by atoms with Crippen LogP contribution >= 0.6 is 11.8 Å². The highest BCUT2D eigenvalue weighted by Gasteiger charge is 2.27. The van der Waals surface area contributed by atoms with Gasteiger partial charge in [-0.05, 0) is 38.6 Å². The number of thioether (sulfide) groups is 1. The van der Waals surface area contributed by atoms with Gasteiger partial charge in [-0.3, -0.25) is 0 Å². The SMILES string of the molecule is CC1SCCC1NC1CCCN(C)C1. The van der Waals surface area contributed by atoms with Gasteiger partial charge < -0.3 is 10.2 Å². The van der Waals surface area contributed by atoms with Gasteiger partial charge in [-0.1, -0.05) is 6.92 Å². The number of rotatable bonds is 2. The van der Waals surface area contributed by atoms with Gasteiger partial charge in [0.1, 0.15) is 0 Å². The molecule has 2 nitrogen and oxygen atoms in total. The molecule has 0 aliphatic carbocycles. The molecule has 0 aromatic carbocycles. The Morgan fingerprint density at radius 3 is 2.86 bits per heavy atom. The normalized spacial score (nSPS) is 40.3. The van der Waals surface area contributed by atoms with E-state index >= 15 is 0 Å². The molecule has 2 aliphatic heterocycles. The highest BCUT2D eigenvalue weighted by Crippen LogP contribution is 2.27. The quantitative estimate of drug-likeness (QED) is 0.751. The highest BCUT2D eigenvalue weighted by molar-refractivity contribution is 8.00. The van der Waals surface area contributed by atoms with Crippen LogP contribution in [0, 0.1) is 0 Å². The maximum absolute atomic E-state index is 3.84.